The molecule has 2 aromatic rings. The number of carbonyl (C=O) groups is 1. The Morgan fingerprint density at radius 1 is 1.08 bits per heavy atom. The van der Waals surface area contributed by atoms with Crippen molar-refractivity contribution >= 4 is 27.3 Å². The zero-order valence-corrected chi connectivity index (χ0v) is 15.6. The lowest BCUT2D eigenvalue weighted by Crippen LogP contribution is -2.51. The molecule has 0 atom stereocenters. The van der Waals surface area contributed by atoms with Gasteiger partial charge in [-0.2, -0.15) is 4.31 Å². The number of ether oxygens (including phenoxy) is 1. The maximum absolute atomic E-state index is 12.6. The van der Waals surface area contributed by atoms with Crippen LogP contribution in [0.3, 0.4) is 0 Å². The van der Waals surface area contributed by atoms with E-state index in [4.69, 9.17) is 4.74 Å². The van der Waals surface area contributed by atoms with Crippen LogP contribution in [-0.2, 0) is 14.8 Å². The van der Waals surface area contributed by atoms with E-state index in [1.54, 1.807) is 29.2 Å². The third kappa shape index (κ3) is 4.20. The second-order valence-electron chi connectivity index (χ2n) is 5.75. The second-order valence-corrected chi connectivity index (χ2v) is 9.20. The van der Waals surface area contributed by atoms with Crippen LogP contribution >= 0.6 is 11.3 Å². The second kappa shape index (κ2) is 7.55. The van der Waals surface area contributed by atoms with Crippen molar-refractivity contribution in [2.75, 3.05) is 32.8 Å². The molecular formula is C17H20N2O4S2. The summed E-state index contributed by atoms with van der Waals surface area (Å²) >= 11 is 1.27. The fourth-order valence-electron chi connectivity index (χ4n) is 2.61. The van der Waals surface area contributed by atoms with Gasteiger partial charge in [0, 0.05) is 31.1 Å². The van der Waals surface area contributed by atoms with Gasteiger partial charge in [-0.25, -0.2) is 8.42 Å². The quantitative estimate of drug-likeness (QED) is 0.795. The number of hydrogen-bond acceptors (Lipinski definition) is 5. The Kier molecular flexibility index (Phi) is 5.41. The number of sulfonamides is 1. The fourth-order valence-corrected chi connectivity index (χ4v) is 5.47. The summed E-state index contributed by atoms with van der Waals surface area (Å²) in [6.45, 7) is 3.20. The summed E-state index contributed by atoms with van der Waals surface area (Å²) in [5.74, 6) is 0.512. The highest BCUT2D eigenvalue weighted by molar-refractivity contribution is 7.91. The van der Waals surface area contributed by atoms with Crippen molar-refractivity contribution in [1.29, 1.82) is 0 Å². The van der Waals surface area contributed by atoms with E-state index in [0.29, 0.717) is 36.1 Å². The molecule has 8 heteroatoms. The van der Waals surface area contributed by atoms with Gasteiger partial charge in [-0.1, -0.05) is 18.2 Å². The number of hydrogen-bond donors (Lipinski definition) is 0. The molecule has 0 unspecified atom stereocenters. The molecule has 1 amide bonds. The van der Waals surface area contributed by atoms with E-state index in [-0.39, 0.29) is 12.5 Å². The normalized spacial score (nSPS) is 16.0. The molecule has 0 saturated carbocycles. The number of aryl methyl sites for hydroxylation is 1. The van der Waals surface area contributed by atoms with Crippen molar-refractivity contribution in [3.05, 3.63) is 47.3 Å². The van der Waals surface area contributed by atoms with Crippen molar-refractivity contribution in [3.63, 3.8) is 0 Å². The lowest BCUT2D eigenvalue weighted by molar-refractivity contribution is -0.134. The summed E-state index contributed by atoms with van der Waals surface area (Å²) in [6.07, 6.45) is 0. The highest BCUT2D eigenvalue weighted by atomic mass is 32.2. The van der Waals surface area contributed by atoms with Gasteiger partial charge < -0.3 is 9.64 Å². The summed E-state index contributed by atoms with van der Waals surface area (Å²) < 4.78 is 32.5. The summed E-state index contributed by atoms with van der Waals surface area (Å²) in [6, 6.07) is 12.6. The van der Waals surface area contributed by atoms with E-state index < -0.39 is 10.0 Å². The largest absolute Gasteiger partial charge is 0.484 e. The number of thiophene rings is 1. The van der Waals surface area contributed by atoms with Crippen LogP contribution in [0.1, 0.15) is 4.88 Å². The zero-order chi connectivity index (χ0) is 17.9. The van der Waals surface area contributed by atoms with E-state index in [9.17, 15) is 13.2 Å². The molecule has 134 valence electrons. The van der Waals surface area contributed by atoms with Crippen LogP contribution < -0.4 is 4.74 Å². The minimum absolute atomic E-state index is 0.0408. The van der Waals surface area contributed by atoms with Crippen LogP contribution in [0.4, 0.5) is 0 Å². The highest BCUT2D eigenvalue weighted by Crippen LogP contribution is 2.25. The third-order valence-electron chi connectivity index (χ3n) is 4.01. The lowest BCUT2D eigenvalue weighted by atomic mass is 10.3. The van der Waals surface area contributed by atoms with Gasteiger partial charge in [0.1, 0.15) is 9.96 Å². The third-order valence-corrected chi connectivity index (χ3v) is 7.37. The maximum Gasteiger partial charge on any atom is 0.260 e. The van der Waals surface area contributed by atoms with Crippen LogP contribution in [0, 0.1) is 6.92 Å². The number of carbonyl (C=O) groups excluding carboxylic acids is 1. The summed E-state index contributed by atoms with van der Waals surface area (Å²) in [5, 5.41) is 0. The van der Waals surface area contributed by atoms with Gasteiger partial charge in [-0.15, -0.1) is 11.3 Å². The molecule has 1 aliphatic rings. The molecule has 0 aliphatic carbocycles. The minimum Gasteiger partial charge on any atom is -0.484 e. The van der Waals surface area contributed by atoms with Crippen molar-refractivity contribution < 1.29 is 17.9 Å². The van der Waals surface area contributed by atoms with Gasteiger partial charge in [0.15, 0.2) is 6.61 Å². The molecule has 0 bridgehead atoms. The first-order valence-electron chi connectivity index (χ1n) is 7.99. The monoisotopic (exact) mass is 380 g/mol. The molecule has 2 heterocycles. The smallest absolute Gasteiger partial charge is 0.260 e. The van der Waals surface area contributed by atoms with E-state index in [2.05, 4.69) is 0 Å². The molecule has 1 aromatic carbocycles. The Morgan fingerprint density at radius 2 is 1.76 bits per heavy atom. The van der Waals surface area contributed by atoms with Crippen LogP contribution in [-0.4, -0.2) is 56.3 Å². The van der Waals surface area contributed by atoms with Gasteiger partial charge in [0.05, 0.1) is 0 Å². The molecular weight excluding hydrogens is 360 g/mol. The van der Waals surface area contributed by atoms with Crippen LogP contribution in [0.5, 0.6) is 5.75 Å². The van der Waals surface area contributed by atoms with Gasteiger partial charge in [-0.05, 0) is 31.2 Å². The number of amides is 1. The van der Waals surface area contributed by atoms with E-state index in [1.807, 2.05) is 25.1 Å². The summed E-state index contributed by atoms with van der Waals surface area (Å²) in [7, 11) is -3.46. The molecule has 0 N–H and O–H groups in total. The average molecular weight is 380 g/mol. The van der Waals surface area contributed by atoms with E-state index >= 15 is 0 Å². The molecule has 6 nitrogen and oxygen atoms in total. The summed E-state index contributed by atoms with van der Waals surface area (Å²) in [5.41, 5.74) is 0. The average Bonchev–Trinajstić information content (AvgIpc) is 3.08. The lowest BCUT2D eigenvalue weighted by Gasteiger charge is -2.33. The Morgan fingerprint density at radius 3 is 2.36 bits per heavy atom. The molecule has 3 rings (SSSR count). The first kappa shape index (κ1) is 17.9. The van der Waals surface area contributed by atoms with Gasteiger partial charge in [0.2, 0.25) is 0 Å². The molecule has 0 spiro atoms. The predicted molar refractivity (Wildman–Crippen MR) is 96.3 cm³/mol. The van der Waals surface area contributed by atoms with Gasteiger partial charge in [0.25, 0.3) is 15.9 Å². The predicted octanol–water partition coefficient (Wildman–Crippen LogP) is 1.97. The molecule has 0 radical (unpaired) electrons. The first-order chi connectivity index (χ1) is 12.0. The number of rotatable bonds is 5. The van der Waals surface area contributed by atoms with E-state index in [0.717, 1.165) is 4.88 Å². The maximum atomic E-state index is 12.6. The van der Waals surface area contributed by atoms with Crippen LogP contribution in [0.25, 0.3) is 0 Å². The number of benzene rings is 1. The number of nitrogens with zero attached hydrogens (tertiary/aromatic N) is 2. The topological polar surface area (TPSA) is 66.9 Å². The van der Waals surface area contributed by atoms with E-state index in [1.165, 1.54) is 15.6 Å². The fraction of sp³-hybridized carbons (Fsp3) is 0.353. The molecule has 1 saturated heterocycles. The zero-order valence-electron chi connectivity index (χ0n) is 13.9. The van der Waals surface area contributed by atoms with Crippen molar-refractivity contribution in [1.82, 2.24) is 9.21 Å². The Bertz CT molecular complexity index is 825. The Labute approximate surface area is 151 Å². The molecule has 25 heavy (non-hydrogen) atoms. The van der Waals surface area contributed by atoms with Crippen molar-refractivity contribution in [3.8, 4) is 5.75 Å². The van der Waals surface area contributed by atoms with Gasteiger partial charge >= 0.3 is 0 Å². The molecule has 1 fully saturated rings. The Hall–Kier alpha value is -1.90. The minimum atomic E-state index is -3.46. The SMILES string of the molecule is Cc1ccc(S(=O)(=O)N2CCN(C(=O)COc3ccccc3)CC2)s1. The molecule has 1 aliphatic heterocycles. The number of piperazine rings is 1. The van der Waals surface area contributed by atoms with Crippen LogP contribution in [0.15, 0.2) is 46.7 Å². The summed E-state index contributed by atoms with van der Waals surface area (Å²) in [4.78, 5) is 14.8. The molecule has 1 aromatic heterocycles. The van der Waals surface area contributed by atoms with Gasteiger partial charge in [-0.3, -0.25) is 4.79 Å². The standard InChI is InChI=1S/C17H20N2O4S2/c1-14-7-8-17(24-14)25(21,22)19-11-9-18(10-12-19)16(20)13-23-15-5-3-2-4-6-15/h2-8H,9-13H2,1H3. The first-order valence-corrected chi connectivity index (χ1v) is 10.2. The van der Waals surface area contributed by atoms with Crippen LogP contribution in [0.2, 0.25) is 0 Å². The van der Waals surface area contributed by atoms with Crippen molar-refractivity contribution in [2.24, 2.45) is 0 Å². The van der Waals surface area contributed by atoms with Crippen molar-refractivity contribution in [2.45, 2.75) is 11.1 Å². The number of para-hydroxylation sites is 1. The highest BCUT2D eigenvalue weighted by Gasteiger charge is 2.31. The Balaban J connectivity index is 1.54.